The van der Waals surface area contributed by atoms with Gasteiger partial charge in [-0.05, 0) is 48.2 Å². The van der Waals surface area contributed by atoms with E-state index in [-0.39, 0.29) is 25.1 Å². The van der Waals surface area contributed by atoms with Crippen molar-refractivity contribution in [3.63, 3.8) is 0 Å². The van der Waals surface area contributed by atoms with Crippen LogP contribution in [0.3, 0.4) is 0 Å². The van der Waals surface area contributed by atoms with E-state index in [0.29, 0.717) is 18.7 Å². The number of hydrogen-bond donors (Lipinski definition) is 0. The molecule has 0 atom stereocenters. The summed E-state index contributed by atoms with van der Waals surface area (Å²) in [5.41, 5.74) is 5.99. The van der Waals surface area contributed by atoms with Crippen molar-refractivity contribution in [2.45, 2.75) is 26.9 Å². The predicted octanol–water partition coefficient (Wildman–Crippen LogP) is 5.29. The zero-order chi connectivity index (χ0) is 23.0. The normalized spacial score (nSPS) is 12.8. The molecule has 6 nitrogen and oxygen atoms in total. The number of carbonyl (C=O) groups excluding carboxylic acids is 1. The molecule has 0 fully saturated rings. The molecule has 4 rings (SSSR count). The van der Waals surface area contributed by atoms with Crippen molar-refractivity contribution < 1.29 is 14.4 Å². The highest BCUT2D eigenvalue weighted by Gasteiger charge is 2.23. The number of nitrogens with zero attached hydrogens (tertiary/aromatic N) is 3. The van der Waals surface area contributed by atoms with Crippen LogP contribution in [-0.2, 0) is 22.7 Å². The Morgan fingerprint density at radius 3 is 2.00 bits per heavy atom. The molecule has 1 aliphatic heterocycles. The molecule has 1 aliphatic rings. The van der Waals surface area contributed by atoms with Crippen LogP contribution < -0.4 is 0 Å². The van der Waals surface area contributed by atoms with Crippen LogP contribution in [0.25, 0.3) is 11.1 Å². The summed E-state index contributed by atoms with van der Waals surface area (Å²) in [6, 6.07) is 25.9. The van der Waals surface area contributed by atoms with Crippen LogP contribution in [0.1, 0.15) is 35.3 Å². The Bertz CT molecular complexity index is 1120. The molecule has 1 amide bonds. The largest absolute Gasteiger partial charge is 0.461 e. The maximum atomic E-state index is 12.9. The monoisotopic (exact) mass is 441 g/mol. The highest BCUT2D eigenvalue weighted by Crippen LogP contribution is 2.32. The van der Waals surface area contributed by atoms with Crippen molar-refractivity contribution in [1.82, 2.24) is 4.90 Å². The zero-order valence-electron chi connectivity index (χ0n) is 18.9. The fourth-order valence-electron chi connectivity index (χ4n) is 3.72. The molecule has 33 heavy (non-hydrogen) atoms. The van der Waals surface area contributed by atoms with Crippen molar-refractivity contribution in [3.05, 3.63) is 95.6 Å². The quantitative estimate of drug-likeness (QED) is 0.233. The molecule has 0 saturated heterocycles. The average Bonchev–Trinajstić information content (AvgIpc) is 3.00. The van der Waals surface area contributed by atoms with Gasteiger partial charge in [0.05, 0.1) is 5.71 Å². The van der Waals surface area contributed by atoms with Crippen LogP contribution in [0.2, 0.25) is 0 Å². The van der Waals surface area contributed by atoms with Gasteiger partial charge >= 0.3 is 0 Å². The first-order chi connectivity index (χ1) is 16.1. The third kappa shape index (κ3) is 5.66. The molecule has 0 N–H and O–H groups in total. The topological polar surface area (TPSA) is 63.5 Å². The number of fused-ring (bicyclic) bond motifs is 3. The fraction of sp³-hybridized carbons (Fsp3) is 0.222. The molecule has 0 aliphatic carbocycles. The highest BCUT2D eigenvalue weighted by molar-refractivity contribution is 6.01. The Labute approximate surface area is 194 Å². The van der Waals surface area contributed by atoms with Crippen molar-refractivity contribution in [1.29, 1.82) is 0 Å². The van der Waals surface area contributed by atoms with Crippen LogP contribution in [0.4, 0.5) is 0 Å². The minimum absolute atomic E-state index is 0.220. The minimum Gasteiger partial charge on any atom is -0.461 e. The molecule has 168 valence electrons. The van der Waals surface area contributed by atoms with Gasteiger partial charge in [-0.1, -0.05) is 71.9 Å². The Morgan fingerprint density at radius 1 is 0.818 bits per heavy atom. The summed E-state index contributed by atoms with van der Waals surface area (Å²) in [6.07, 6.45) is 0. The number of oxime groups is 1. The molecule has 3 aromatic carbocycles. The van der Waals surface area contributed by atoms with Gasteiger partial charge in [0.2, 0.25) is 0 Å². The van der Waals surface area contributed by atoms with E-state index < -0.39 is 0 Å². The molecule has 0 spiro atoms. The van der Waals surface area contributed by atoms with E-state index in [1.807, 2.05) is 61.2 Å². The summed E-state index contributed by atoms with van der Waals surface area (Å²) in [5.74, 6) is -0.347. The number of hydrogen-bond acceptors (Lipinski definition) is 4. The maximum absolute atomic E-state index is 12.9. The SMILES string of the molecule is CC(C)=NOCCOC(=NC(=O)c1ccccc1)N1Cc2ccccc2-c2ccccc2C1. The van der Waals surface area contributed by atoms with Crippen LogP contribution in [0, 0.1) is 0 Å². The number of aliphatic imine (C=N–C) groups is 1. The standard InChI is InChI=1S/C27H27N3O3/c1-20(2)29-33-17-16-32-27(28-26(31)21-10-4-3-5-11-21)30-18-22-12-6-8-14-24(22)25-15-9-7-13-23(25)19-30/h3-15H,16-19H2,1-2H3. The third-order valence-electron chi connectivity index (χ3n) is 5.19. The number of rotatable bonds is 5. The Hall–Kier alpha value is -3.93. The molecule has 0 bridgehead atoms. The second-order valence-corrected chi connectivity index (χ2v) is 7.96. The fourth-order valence-corrected chi connectivity index (χ4v) is 3.72. The van der Waals surface area contributed by atoms with Gasteiger partial charge in [-0.15, -0.1) is 0 Å². The second-order valence-electron chi connectivity index (χ2n) is 7.96. The minimum atomic E-state index is -0.347. The van der Waals surface area contributed by atoms with Gasteiger partial charge < -0.3 is 14.5 Å². The van der Waals surface area contributed by atoms with Gasteiger partial charge in [0.25, 0.3) is 11.9 Å². The van der Waals surface area contributed by atoms with Crippen LogP contribution in [0.5, 0.6) is 0 Å². The summed E-state index contributed by atoms with van der Waals surface area (Å²) in [5, 5.41) is 3.93. The first-order valence-corrected chi connectivity index (χ1v) is 11.0. The van der Waals surface area contributed by atoms with Crippen molar-refractivity contribution in [2.24, 2.45) is 10.1 Å². The number of amides is 1. The Balaban J connectivity index is 1.65. The van der Waals surface area contributed by atoms with E-state index in [0.717, 1.165) is 16.8 Å². The van der Waals surface area contributed by atoms with Gasteiger partial charge in [0.15, 0.2) is 6.61 Å². The highest BCUT2D eigenvalue weighted by atomic mass is 16.6. The van der Waals surface area contributed by atoms with Gasteiger partial charge in [0, 0.05) is 18.7 Å². The molecular formula is C27H27N3O3. The van der Waals surface area contributed by atoms with Crippen LogP contribution in [0.15, 0.2) is 89.0 Å². The first kappa shape index (κ1) is 22.3. The van der Waals surface area contributed by atoms with Gasteiger partial charge in [-0.25, -0.2) is 0 Å². The van der Waals surface area contributed by atoms with E-state index in [2.05, 4.69) is 34.4 Å². The lowest BCUT2D eigenvalue weighted by atomic mass is 9.97. The van der Waals surface area contributed by atoms with Gasteiger partial charge in [0.1, 0.15) is 6.61 Å². The molecule has 0 saturated carbocycles. The lowest BCUT2D eigenvalue weighted by Crippen LogP contribution is -2.33. The van der Waals surface area contributed by atoms with E-state index in [1.54, 1.807) is 12.1 Å². The van der Waals surface area contributed by atoms with E-state index >= 15 is 0 Å². The lowest BCUT2D eigenvalue weighted by molar-refractivity contribution is 0.0891. The van der Waals surface area contributed by atoms with Gasteiger partial charge in [-0.2, -0.15) is 4.99 Å². The molecular weight excluding hydrogens is 414 g/mol. The summed E-state index contributed by atoms with van der Waals surface area (Å²) in [7, 11) is 0. The first-order valence-electron chi connectivity index (χ1n) is 11.0. The summed E-state index contributed by atoms with van der Waals surface area (Å²) in [4.78, 5) is 24.6. The number of benzene rings is 3. The zero-order valence-corrected chi connectivity index (χ0v) is 18.9. The predicted molar refractivity (Wildman–Crippen MR) is 130 cm³/mol. The van der Waals surface area contributed by atoms with Crippen LogP contribution in [-0.4, -0.2) is 35.8 Å². The Morgan fingerprint density at radius 2 is 1.39 bits per heavy atom. The van der Waals surface area contributed by atoms with E-state index in [9.17, 15) is 4.79 Å². The van der Waals surface area contributed by atoms with Crippen molar-refractivity contribution in [3.8, 4) is 11.1 Å². The number of carbonyl (C=O) groups is 1. The van der Waals surface area contributed by atoms with Crippen molar-refractivity contribution in [2.75, 3.05) is 13.2 Å². The smallest absolute Gasteiger partial charge is 0.296 e. The molecule has 6 heteroatoms. The van der Waals surface area contributed by atoms with Crippen LogP contribution >= 0.6 is 0 Å². The molecule has 1 heterocycles. The molecule has 0 aromatic heterocycles. The van der Waals surface area contributed by atoms with Gasteiger partial charge in [-0.3, -0.25) is 4.79 Å². The summed E-state index contributed by atoms with van der Waals surface area (Å²) < 4.78 is 6.00. The third-order valence-corrected chi connectivity index (χ3v) is 5.19. The average molecular weight is 442 g/mol. The summed E-state index contributed by atoms with van der Waals surface area (Å²) in [6.45, 7) is 5.33. The number of ether oxygens (including phenoxy) is 1. The molecule has 0 radical (unpaired) electrons. The van der Waals surface area contributed by atoms with E-state index in [1.165, 1.54) is 11.1 Å². The van der Waals surface area contributed by atoms with E-state index in [4.69, 9.17) is 9.57 Å². The molecule has 3 aromatic rings. The lowest BCUT2D eigenvalue weighted by Gasteiger charge is -2.24. The van der Waals surface area contributed by atoms with Crippen molar-refractivity contribution >= 4 is 17.6 Å². The Kier molecular flexibility index (Phi) is 7.15. The second kappa shape index (κ2) is 10.6. The molecule has 0 unspecified atom stereocenters. The summed E-state index contributed by atoms with van der Waals surface area (Å²) >= 11 is 0. The maximum Gasteiger partial charge on any atom is 0.296 e. The number of amidine groups is 1.